The number of ether oxygens (including phenoxy) is 2. The summed E-state index contributed by atoms with van der Waals surface area (Å²) in [6.45, 7) is 5.21. The molecule has 0 unspecified atom stereocenters. The van der Waals surface area contributed by atoms with Gasteiger partial charge in [0.05, 0.1) is 27.6 Å². The molecule has 0 aliphatic rings. The van der Waals surface area contributed by atoms with E-state index in [0.717, 1.165) is 15.2 Å². The van der Waals surface area contributed by atoms with Gasteiger partial charge in [-0.15, -0.1) is 11.3 Å². The van der Waals surface area contributed by atoms with Crippen LogP contribution in [0, 0.1) is 0 Å². The zero-order valence-electron chi connectivity index (χ0n) is 15.3. The molecule has 1 amide bonds. The quantitative estimate of drug-likeness (QED) is 0.638. The third-order valence-electron chi connectivity index (χ3n) is 3.56. The number of benzene rings is 2. The van der Waals surface area contributed by atoms with Gasteiger partial charge in [0, 0.05) is 6.92 Å². The first kappa shape index (κ1) is 18.8. The van der Waals surface area contributed by atoms with E-state index in [9.17, 15) is 9.59 Å². The molecular formula is C20H20N2O4S. The molecule has 0 spiro atoms. The lowest BCUT2D eigenvalue weighted by Crippen LogP contribution is -2.16. The molecule has 3 aromatic rings. The minimum Gasteiger partial charge on any atom is -0.486 e. The maximum absolute atomic E-state index is 12.4. The Labute approximate surface area is 161 Å². The van der Waals surface area contributed by atoms with E-state index in [4.69, 9.17) is 9.47 Å². The van der Waals surface area contributed by atoms with Gasteiger partial charge in [0.25, 0.3) is 0 Å². The minimum absolute atomic E-state index is 0.251. The molecule has 1 N–H and O–H groups in total. The second-order valence-corrected chi connectivity index (χ2v) is 7.32. The Balaban J connectivity index is 1.80. The first-order chi connectivity index (χ1) is 12.9. The van der Waals surface area contributed by atoms with Crippen molar-refractivity contribution in [2.75, 3.05) is 5.32 Å². The number of amides is 1. The first-order valence-electron chi connectivity index (χ1n) is 8.52. The summed E-state index contributed by atoms with van der Waals surface area (Å²) < 4.78 is 12.2. The highest BCUT2D eigenvalue weighted by molar-refractivity contribution is 7.18. The molecule has 1 aromatic heterocycles. The van der Waals surface area contributed by atoms with E-state index in [0.29, 0.717) is 11.4 Å². The number of hydrogen-bond acceptors (Lipinski definition) is 6. The highest BCUT2D eigenvalue weighted by Gasteiger charge is 2.17. The van der Waals surface area contributed by atoms with E-state index < -0.39 is 5.97 Å². The SMILES string of the molecule is CC(=O)Nc1ccc(OCc2nc3ccccc3s2)cc1C(=O)OC(C)C. The van der Waals surface area contributed by atoms with Gasteiger partial charge in [0.1, 0.15) is 17.4 Å². The molecule has 2 aromatic carbocycles. The van der Waals surface area contributed by atoms with Gasteiger partial charge < -0.3 is 14.8 Å². The number of nitrogens with one attached hydrogen (secondary N) is 1. The molecule has 0 bridgehead atoms. The molecule has 0 radical (unpaired) electrons. The number of rotatable bonds is 6. The van der Waals surface area contributed by atoms with Crippen molar-refractivity contribution in [3.63, 3.8) is 0 Å². The van der Waals surface area contributed by atoms with Gasteiger partial charge in [-0.3, -0.25) is 4.79 Å². The van der Waals surface area contributed by atoms with Gasteiger partial charge in [-0.2, -0.15) is 0 Å². The maximum atomic E-state index is 12.4. The van der Waals surface area contributed by atoms with E-state index in [2.05, 4.69) is 10.3 Å². The number of thiazole rings is 1. The van der Waals surface area contributed by atoms with Crippen molar-refractivity contribution in [2.45, 2.75) is 33.5 Å². The van der Waals surface area contributed by atoms with Crippen LogP contribution in [0.5, 0.6) is 5.75 Å². The fourth-order valence-corrected chi connectivity index (χ4v) is 3.37. The number of carbonyl (C=O) groups excluding carboxylic acids is 2. The smallest absolute Gasteiger partial charge is 0.340 e. The molecule has 7 heteroatoms. The second-order valence-electron chi connectivity index (χ2n) is 6.21. The molecule has 27 heavy (non-hydrogen) atoms. The van der Waals surface area contributed by atoms with Crippen LogP contribution in [0.4, 0.5) is 5.69 Å². The van der Waals surface area contributed by atoms with E-state index in [1.165, 1.54) is 6.92 Å². The van der Waals surface area contributed by atoms with Crippen molar-refractivity contribution in [3.05, 3.63) is 53.0 Å². The first-order valence-corrected chi connectivity index (χ1v) is 9.34. The van der Waals surface area contributed by atoms with E-state index in [1.54, 1.807) is 43.4 Å². The monoisotopic (exact) mass is 384 g/mol. The number of aromatic nitrogens is 1. The summed E-state index contributed by atoms with van der Waals surface area (Å²) >= 11 is 1.56. The number of carbonyl (C=O) groups is 2. The maximum Gasteiger partial charge on any atom is 0.340 e. The lowest BCUT2D eigenvalue weighted by atomic mass is 10.1. The van der Waals surface area contributed by atoms with Crippen LogP contribution in [-0.2, 0) is 16.1 Å². The van der Waals surface area contributed by atoms with Crippen molar-refractivity contribution in [3.8, 4) is 5.75 Å². The number of esters is 1. The van der Waals surface area contributed by atoms with Crippen LogP contribution in [0.25, 0.3) is 10.2 Å². The summed E-state index contributed by atoms with van der Waals surface area (Å²) in [5.41, 5.74) is 1.57. The molecule has 0 saturated carbocycles. The summed E-state index contributed by atoms with van der Waals surface area (Å²) in [5, 5.41) is 3.48. The van der Waals surface area contributed by atoms with Crippen LogP contribution in [0.3, 0.4) is 0 Å². The molecule has 3 rings (SSSR count). The average molecular weight is 384 g/mol. The molecule has 0 saturated heterocycles. The highest BCUT2D eigenvalue weighted by Crippen LogP contribution is 2.26. The topological polar surface area (TPSA) is 77.5 Å². The van der Waals surface area contributed by atoms with Crippen molar-refractivity contribution < 1.29 is 19.1 Å². The standard InChI is InChI=1S/C20H20N2O4S/c1-12(2)26-20(24)15-10-14(8-9-16(15)21-13(3)23)25-11-19-22-17-6-4-5-7-18(17)27-19/h4-10,12H,11H2,1-3H3,(H,21,23). The largest absolute Gasteiger partial charge is 0.486 e. The fourth-order valence-electron chi connectivity index (χ4n) is 2.48. The predicted molar refractivity (Wildman–Crippen MR) is 105 cm³/mol. The highest BCUT2D eigenvalue weighted by atomic mass is 32.1. The predicted octanol–water partition coefficient (Wildman–Crippen LogP) is 4.40. The Morgan fingerprint density at radius 3 is 2.67 bits per heavy atom. The molecule has 6 nitrogen and oxygen atoms in total. The van der Waals surface area contributed by atoms with Crippen LogP contribution in [0.1, 0.15) is 36.1 Å². The Bertz CT molecular complexity index is 948. The Hall–Kier alpha value is -2.93. The number of anilines is 1. The molecule has 0 fully saturated rings. The zero-order chi connectivity index (χ0) is 19.4. The van der Waals surface area contributed by atoms with Crippen molar-refractivity contribution >= 4 is 39.1 Å². The summed E-state index contributed by atoms with van der Waals surface area (Å²) in [7, 11) is 0. The summed E-state index contributed by atoms with van der Waals surface area (Å²) in [4.78, 5) is 28.3. The normalized spacial score (nSPS) is 10.8. The summed E-state index contributed by atoms with van der Waals surface area (Å²) in [6.07, 6.45) is -0.269. The Morgan fingerprint density at radius 1 is 1.19 bits per heavy atom. The van der Waals surface area contributed by atoms with Crippen molar-refractivity contribution in [1.29, 1.82) is 0 Å². The molecule has 0 aliphatic carbocycles. The van der Waals surface area contributed by atoms with Gasteiger partial charge in [-0.1, -0.05) is 12.1 Å². The van der Waals surface area contributed by atoms with Gasteiger partial charge in [-0.25, -0.2) is 9.78 Å². The lowest BCUT2D eigenvalue weighted by molar-refractivity contribution is -0.114. The van der Waals surface area contributed by atoms with Crippen LogP contribution >= 0.6 is 11.3 Å². The van der Waals surface area contributed by atoms with E-state index >= 15 is 0 Å². The van der Waals surface area contributed by atoms with Crippen LogP contribution in [0.2, 0.25) is 0 Å². The van der Waals surface area contributed by atoms with Crippen molar-refractivity contribution in [1.82, 2.24) is 4.98 Å². The average Bonchev–Trinajstić information content (AvgIpc) is 3.02. The third kappa shape index (κ3) is 4.83. The molecule has 140 valence electrons. The Kier molecular flexibility index (Phi) is 5.71. The van der Waals surface area contributed by atoms with Gasteiger partial charge in [0.15, 0.2) is 0 Å². The lowest BCUT2D eigenvalue weighted by Gasteiger charge is -2.14. The minimum atomic E-state index is -0.515. The summed E-state index contributed by atoms with van der Waals surface area (Å²) in [6, 6.07) is 12.8. The van der Waals surface area contributed by atoms with Gasteiger partial charge in [0.2, 0.25) is 5.91 Å². The molecular weight excluding hydrogens is 364 g/mol. The van der Waals surface area contributed by atoms with E-state index in [-0.39, 0.29) is 24.2 Å². The van der Waals surface area contributed by atoms with Crippen LogP contribution < -0.4 is 10.1 Å². The van der Waals surface area contributed by atoms with Crippen LogP contribution in [-0.4, -0.2) is 23.0 Å². The third-order valence-corrected chi connectivity index (χ3v) is 4.57. The number of hydrogen-bond donors (Lipinski definition) is 1. The fraction of sp³-hybridized carbons (Fsp3) is 0.250. The zero-order valence-corrected chi connectivity index (χ0v) is 16.1. The number of para-hydroxylation sites is 1. The van der Waals surface area contributed by atoms with Gasteiger partial charge in [-0.05, 0) is 44.2 Å². The summed E-state index contributed by atoms with van der Waals surface area (Å²) in [5.74, 6) is -0.282. The number of fused-ring (bicyclic) bond motifs is 1. The van der Waals surface area contributed by atoms with Crippen molar-refractivity contribution in [2.24, 2.45) is 0 Å². The molecule has 0 aliphatic heterocycles. The molecule has 1 heterocycles. The van der Waals surface area contributed by atoms with E-state index in [1.807, 2.05) is 24.3 Å². The number of nitrogens with zero attached hydrogens (tertiary/aromatic N) is 1. The Morgan fingerprint density at radius 2 is 1.96 bits per heavy atom. The van der Waals surface area contributed by atoms with Crippen LogP contribution in [0.15, 0.2) is 42.5 Å². The second kappa shape index (κ2) is 8.18. The molecule has 0 atom stereocenters. The van der Waals surface area contributed by atoms with Gasteiger partial charge >= 0.3 is 5.97 Å².